The first-order valence-electron chi connectivity index (χ1n) is 9.75. The van der Waals surface area contributed by atoms with E-state index in [0.29, 0.717) is 6.42 Å². The third kappa shape index (κ3) is 6.07. The van der Waals surface area contributed by atoms with Crippen molar-refractivity contribution >= 4 is 5.97 Å². The summed E-state index contributed by atoms with van der Waals surface area (Å²) in [5.74, 6) is -0.243. The average Bonchev–Trinajstić information content (AvgIpc) is 3.03. The van der Waals surface area contributed by atoms with Crippen LogP contribution in [0.4, 0.5) is 0 Å². The summed E-state index contributed by atoms with van der Waals surface area (Å²) in [5, 5.41) is 10.1. The fraction of sp³-hybridized carbons (Fsp3) is 0.947. The first-order valence-corrected chi connectivity index (χ1v) is 9.75. The second-order valence-electron chi connectivity index (χ2n) is 7.19. The van der Waals surface area contributed by atoms with E-state index in [1.165, 1.54) is 64.2 Å². The zero-order valence-electron chi connectivity index (χ0n) is 14.7. The topological polar surface area (TPSA) is 55.8 Å². The predicted octanol–water partition coefficient (Wildman–Crippen LogP) is 4.13. The van der Waals surface area contributed by atoms with Crippen LogP contribution in [0.2, 0.25) is 0 Å². The molecule has 4 atom stereocenters. The summed E-state index contributed by atoms with van der Waals surface area (Å²) < 4.78 is 10.9. The lowest BCUT2D eigenvalue weighted by molar-refractivity contribution is -0.145. The van der Waals surface area contributed by atoms with Crippen LogP contribution in [0.15, 0.2) is 0 Å². The van der Waals surface area contributed by atoms with Gasteiger partial charge in [0.05, 0.1) is 12.5 Å². The van der Waals surface area contributed by atoms with Crippen LogP contribution < -0.4 is 0 Å². The standard InChI is InChI=1S/C19H34O4/c1-2-3-4-5-6-7-8-9-10-11-12-13-15-18(21)19-16(22-15)14-17(20)23-19/h15-16,18-19,21H,2-14H2,1H3/t15-,16-,18+,19+/m1/s1. The van der Waals surface area contributed by atoms with Gasteiger partial charge in [0.25, 0.3) is 0 Å². The van der Waals surface area contributed by atoms with Crippen molar-refractivity contribution in [2.24, 2.45) is 0 Å². The third-order valence-corrected chi connectivity index (χ3v) is 5.16. The van der Waals surface area contributed by atoms with Gasteiger partial charge in [0, 0.05) is 0 Å². The first kappa shape index (κ1) is 18.7. The number of carbonyl (C=O) groups excluding carboxylic acids is 1. The summed E-state index contributed by atoms with van der Waals surface area (Å²) >= 11 is 0. The van der Waals surface area contributed by atoms with Crippen LogP contribution in [-0.2, 0) is 14.3 Å². The van der Waals surface area contributed by atoms with Crippen molar-refractivity contribution in [1.29, 1.82) is 0 Å². The highest BCUT2D eigenvalue weighted by Gasteiger charge is 2.50. The van der Waals surface area contributed by atoms with Crippen molar-refractivity contribution in [3.63, 3.8) is 0 Å². The molecule has 0 saturated carbocycles. The zero-order chi connectivity index (χ0) is 16.5. The highest BCUT2D eigenvalue weighted by atomic mass is 16.6. The van der Waals surface area contributed by atoms with E-state index in [-0.39, 0.29) is 18.2 Å². The van der Waals surface area contributed by atoms with Gasteiger partial charge in [-0.15, -0.1) is 0 Å². The minimum Gasteiger partial charge on any atom is -0.457 e. The van der Waals surface area contributed by atoms with Crippen molar-refractivity contribution in [2.45, 2.75) is 115 Å². The Morgan fingerprint density at radius 3 is 2.09 bits per heavy atom. The van der Waals surface area contributed by atoms with E-state index in [2.05, 4.69) is 6.92 Å². The molecule has 0 aromatic carbocycles. The van der Waals surface area contributed by atoms with Gasteiger partial charge < -0.3 is 14.6 Å². The Bertz CT molecular complexity index is 344. The predicted molar refractivity (Wildman–Crippen MR) is 90.2 cm³/mol. The Kier molecular flexibility index (Phi) is 8.38. The molecule has 0 aliphatic carbocycles. The highest BCUT2D eigenvalue weighted by molar-refractivity contribution is 5.72. The molecule has 2 rings (SSSR count). The van der Waals surface area contributed by atoms with E-state index in [9.17, 15) is 9.90 Å². The number of unbranched alkanes of at least 4 members (excludes halogenated alkanes) is 10. The zero-order valence-corrected chi connectivity index (χ0v) is 14.7. The van der Waals surface area contributed by atoms with Gasteiger partial charge >= 0.3 is 5.97 Å². The molecule has 2 fully saturated rings. The van der Waals surface area contributed by atoms with Crippen LogP contribution in [0.25, 0.3) is 0 Å². The fourth-order valence-electron chi connectivity index (χ4n) is 3.74. The second kappa shape index (κ2) is 10.3. The van der Waals surface area contributed by atoms with Gasteiger partial charge in [-0.1, -0.05) is 77.6 Å². The van der Waals surface area contributed by atoms with E-state index < -0.39 is 12.2 Å². The molecular weight excluding hydrogens is 292 g/mol. The maximum atomic E-state index is 11.2. The molecule has 0 radical (unpaired) electrons. The fourth-order valence-corrected chi connectivity index (χ4v) is 3.74. The van der Waals surface area contributed by atoms with Crippen LogP contribution in [-0.4, -0.2) is 35.5 Å². The van der Waals surface area contributed by atoms with Gasteiger partial charge in [-0.25, -0.2) is 0 Å². The van der Waals surface area contributed by atoms with Gasteiger partial charge in [0.1, 0.15) is 12.2 Å². The SMILES string of the molecule is CCCCCCCCCCCCC[C@H]1O[C@@H]2CC(=O)O[C@@H]2[C@H]1O. The summed E-state index contributed by atoms with van der Waals surface area (Å²) in [4.78, 5) is 11.2. The molecule has 0 amide bonds. The molecule has 1 N–H and O–H groups in total. The third-order valence-electron chi connectivity index (χ3n) is 5.16. The number of carbonyl (C=O) groups is 1. The Morgan fingerprint density at radius 2 is 1.52 bits per heavy atom. The molecule has 2 aliphatic heterocycles. The van der Waals surface area contributed by atoms with E-state index in [1.54, 1.807) is 0 Å². The van der Waals surface area contributed by atoms with Crippen LogP contribution in [0.3, 0.4) is 0 Å². The minimum atomic E-state index is -0.630. The molecule has 0 bridgehead atoms. The summed E-state index contributed by atoms with van der Waals surface area (Å²) in [6.07, 6.45) is 14.3. The Hall–Kier alpha value is -0.610. The number of esters is 1. The molecule has 23 heavy (non-hydrogen) atoms. The number of fused-ring (bicyclic) bond motifs is 1. The normalized spacial score (nSPS) is 29.7. The summed E-state index contributed by atoms with van der Waals surface area (Å²) in [6, 6.07) is 0. The number of hydrogen-bond acceptors (Lipinski definition) is 4. The van der Waals surface area contributed by atoms with Crippen LogP contribution in [0.5, 0.6) is 0 Å². The van der Waals surface area contributed by atoms with Crippen molar-refractivity contribution in [2.75, 3.05) is 0 Å². The Morgan fingerprint density at radius 1 is 0.957 bits per heavy atom. The largest absolute Gasteiger partial charge is 0.457 e. The first-order chi connectivity index (χ1) is 11.2. The van der Waals surface area contributed by atoms with E-state index in [4.69, 9.17) is 9.47 Å². The van der Waals surface area contributed by atoms with Crippen molar-refractivity contribution in [3.8, 4) is 0 Å². The molecular formula is C19H34O4. The smallest absolute Gasteiger partial charge is 0.309 e. The lowest BCUT2D eigenvalue weighted by Gasteiger charge is -2.16. The molecule has 0 aromatic rings. The number of aliphatic hydroxyl groups excluding tert-OH is 1. The van der Waals surface area contributed by atoms with E-state index in [1.807, 2.05) is 0 Å². The monoisotopic (exact) mass is 326 g/mol. The van der Waals surface area contributed by atoms with Crippen LogP contribution >= 0.6 is 0 Å². The number of aliphatic hydroxyl groups is 1. The number of hydrogen-bond donors (Lipinski definition) is 1. The molecule has 2 heterocycles. The average molecular weight is 326 g/mol. The van der Waals surface area contributed by atoms with Gasteiger partial charge in [0.2, 0.25) is 0 Å². The second-order valence-corrected chi connectivity index (χ2v) is 7.19. The van der Waals surface area contributed by atoms with E-state index in [0.717, 1.165) is 12.8 Å². The lowest BCUT2D eigenvalue weighted by Crippen LogP contribution is -2.31. The molecule has 0 aromatic heterocycles. The summed E-state index contributed by atoms with van der Waals surface area (Å²) in [5.41, 5.74) is 0. The minimum absolute atomic E-state index is 0.142. The Labute approximate surface area is 140 Å². The summed E-state index contributed by atoms with van der Waals surface area (Å²) in [6.45, 7) is 2.26. The Balaban J connectivity index is 1.41. The van der Waals surface area contributed by atoms with Gasteiger partial charge in [-0.2, -0.15) is 0 Å². The molecule has 2 saturated heterocycles. The quantitative estimate of drug-likeness (QED) is 0.433. The van der Waals surface area contributed by atoms with Gasteiger partial charge in [-0.05, 0) is 6.42 Å². The van der Waals surface area contributed by atoms with Crippen LogP contribution in [0.1, 0.15) is 90.4 Å². The molecule has 4 heteroatoms. The maximum absolute atomic E-state index is 11.2. The molecule has 4 nitrogen and oxygen atoms in total. The van der Waals surface area contributed by atoms with Crippen molar-refractivity contribution in [1.82, 2.24) is 0 Å². The summed E-state index contributed by atoms with van der Waals surface area (Å²) in [7, 11) is 0. The molecule has 0 unspecified atom stereocenters. The van der Waals surface area contributed by atoms with Gasteiger partial charge in [0.15, 0.2) is 6.10 Å². The van der Waals surface area contributed by atoms with Crippen molar-refractivity contribution < 1.29 is 19.4 Å². The maximum Gasteiger partial charge on any atom is 0.309 e. The number of ether oxygens (including phenoxy) is 2. The van der Waals surface area contributed by atoms with Gasteiger partial charge in [-0.3, -0.25) is 4.79 Å². The molecule has 0 spiro atoms. The van der Waals surface area contributed by atoms with Crippen LogP contribution in [0, 0.1) is 0 Å². The molecule has 134 valence electrons. The molecule has 2 aliphatic rings. The van der Waals surface area contributed by atoms with Crippen molar-refractivity contribution in [3.05, 3.63) is 0 Å². The van der Waals surface area contributed by atoms with E-state index >= 15 is 0 Å². The number of rotatable bonds is 12. The lowest BCUT2D eigenvalue weighted by atomic mass is 10.0. The highest BCUT2D eigenvalue weighted by Crippen LogP contribution is 2.33.